The topological polar surface area (TPSA) is 75.6 Å². The molecule has 0 fully saturated rings. The fourth-order valence-corrected chi connectivity index (χ4v) is 4.87. The number of rotatable bonds is 7. The maximum Gasteiger partial charge on any atom is 0.250 e. The summed E-state index contributed by atoms with van der Waals surface area (Å²) in [5, 5.41) is 8.88. The van der Waals surface area contributed by atoms with Gasteiger partial charge in [-0.15, -0.1) is 11.3 Å². The van der Waals surface area contributed by atoms with Gasteiger partial charge in [-0.05, 0) is 40.9 Å². The van der Waals surface area contributed by atoms with Crippen molar-refractivity contribution in [3.63, 3.8) is 0 Å². The highest BCUT2D eigenvalue weighted by atomic mass is 79.9. The van der Waals surface area contributed by atoms with E-state index < -0.39 is 16.1 Å². The summed E-state index contributed by atoms with van der Waals surface area (Å²) in [7, 11) is -2.07. The number of aryl methyl sites for hydroxylation is 1. The minimum Gasteiger partial charge on any atom is -0.396 e. The Morgan fingerprint density at radius 2 is 2.28 bits per heavy atom. The average Bonchev–Trinajstić information content (AvgIpc) is 2.60. The maximum absolute atomic E-state index is 12.1. The molecule has 1 rings (SSSR count). The van der Waals surface area contributed by atoms with Gasteiger partial charge in [0.25, 0.3) is 0 Å². The average molecular weight is 358 g/mol. The van der Waals surface area contributed by atoms with Crippen LogP contribution in [0.1, 0.15) is 12.0 Å². The Morgan fingerprint density at radius 3 is 2.72 bits per heavy atom. The van der Waals surface area contributed by atoms with Crippen LogP contribution in [0.5, 0.6) is 0 Å². The van der Waals surface area contributed by atoms with Gasteiger partial charge in [0.1, 0.15) is 4.21 Å². The van der Waals surface area contributed by atoms with Crippen LogP contribution in [-0.2, 0) is 14.8 Å². The van der Waals surface area contributed by atoms with Crippen molar-refractivity contribution in [2.24, 2.45) is 0 Å². The van der Waals surface area contributed by atoms with E-state index in [4.69, 9.17) is 9.84 Å². The molecule has 0 radical (unpaired) electrons. The molecule has 0 aliphatic rings. The zero-order chi connectivity index (χ0) is 13.8. The van der Waals surface area contributed by atoms with E-state index in [1.54, 1.807) is 6.07 Å². The lowest BCUT2D eigenvalue weighted by Crippen LogP contribution is -2.38. The maximum atomic E-state index is 12.1. The first kappa shape index (κ1) is 16.1. The molecule has 1 heterocycles. The molecule has 0 bridgehead atoms. The highest BCUT2D eigenvalue weighted by molar-refractivity contribution is 9.11. The minimum absolute atomic E-state index is 0.0935. The number of thiophene rings is 1. The first-order valence-corrected chi connectivity index (χ1v) is 8.38. The van der Waals surface area contributed by atoms with E-state index in [9.17, 15) is 8.42 Å². The molecule has 18 heavy (non-hydrogen) atoms. The summed E-state index contributed by atoms with van der Waals surface area (Å²) in [5.41, 5.74) is 0.880. The van der Waals surface area contributed by atoms with Crippen molar-refractivity contribution in [1.82, 2.24) is 4.72 Å². The molecule has 2 N–H and O–H groups in total. The lowest BCUT2D eigenvalue weighted by atomic mass is 10.2. The minimum atomic E-state index is -3.56. The van der Waals surface area contributed by atoms with E-state index in [-0.39, 0.29) is 17.4 Å². The highest BCUT2D eigenvalue weighted by Gasteiger charge is 2.22. The van der Waals surface area contributed by atoms with Crippen LogP contribution < -0.4 is 4.72 Å². The molecule has 0 spiro atoms. The summed E-state index contributed by atoms with van der Waals surface area (Å²) in [5.74, 6) is 0. The van der Waals surface area contributed by atoms with Gasteiger partial charge < -0.3 is 9.84 Å². The van der Waals surface area contributed by atoms with Crippen LogP contribution >= 0.6 is 27.3 Å². The molecule has 104 valence electrons. The third-order valence-corrected chi connectivity index (χ3v) is 6.40. The van der Waals surface area contributed by atoms with E-state index in [1.807, 2.05) is 6.92 Å². The molecular formula is C10H16BrNO4S2. The standard InChI is InChI=1S/C10H16BrNO4S2/c1-7-5-9(17-10(7)11)18(14,15)12-8(3-4-13)6-16-2/h5,8,12-13H,3-4,6H2,1-2H3. The summed E-state index contributed by atoms with van der Waals surface area (Å²) in [6, 6.07) is 1.19. The number of nitrogens with one attached hydrogen (secondary N) is 1. The largest absolute Gasteiger partial charge is 0.396 e. The second-order valence-electron chi connectivity index (χ2n) is 3.81. The van der Waals surface area contributed by atoms with E-state index in [2.05, 4.69) is 20.7 Å². The number of methoxy groups -OCH3 is 1. The molecule has 0 aliphatic carbocycles. The van der Waals surface area contributed by atoms with Crippen molar-refractivity contribution in [3.05, 3.63) is 15.4 Å². The lowest BCUT2D eigenvalue weighted by Gasteiger charge is -2.16. The summed E-state index contributed by atoms with van der Waals surface area (Å²) < 4.78 is 32.7. The molecule has 1 unspecified atom stereocenters. The number of halogens is 1. The van der Waals surface area contributed by atoms with Crippen molar-refractivity contribution in [2.45, 2.75) is 23.6 Å². The quantitative estimate of drug-likeness (QED) is 0.775. The summed E-state index contributed by atoms with van der Waals surface area (Å²) >= 11 is 4.46. The van der Waals surface area contributed by atoms with Gasteiger partial charge in [0.05, 0.1) is 10.4 Å². The van der Waals surface area contributed by atoms with Gasteiger partial charge in [-0.1, -0.05) is 0 Å². The van der Waals surface area contributed by atoms with Gasteiger partial charge in [-0.2, -0.15) is 0 Å². The number of ether oxygens (including phenoxy) is 1. The fraction of sp³-hybridized carbons (Fsp3) is 0.600. The third-order valence-electron chi connectivity index (χ3n) is 2.27. The number of hydrogen-bond acceptors (Lipinski definition) is 5. The third kappa shape index (κ3) is 4.29. The van der Waals surface area contributed by atoms with Crippen molar-refractivity contribution >= 4 is 37.3 Å². The summed E-state index contributed by atoms with van der Waals surface area (Å²) in [6.07, 6.45) is 0.318. The Morgan fingerprint density at radius 1 is 1.61 bits per heavy atom. The van der Waals surface area contributed by atoms with Crippen molar-refractivity contribution in [3.8, 4) is 0 Å². The first-order chi connectivity index (χ1) is 8.40. The van der Waals surface area contributed by atoms with Crippen molar-refractivity contribution in [2.75, 3.05) is 20.3 Å². The molecule has 0 aliphatic heterocycles. The van der Waals surface area contributed by atoms with Crippen LogP contribution in [0.3, 0.4) is 0 Å². The Hall–Kier alpha value is 0.01000. The number of aliphatic hydroxyl groups excluding tert-OH is 1. The fourth-order valence-electron chi connectivity index (χ4n) is 1.38. The number of aliphatic hydroxyl groups is 1. The van der Waals surface area contributed by atoms with E-state index in [0.717, 1.165) is 20.7 Å². The highest BCUT2D eigenvalue weighted by Crippen LogP contribution is 2.30. The smallest absolute Gasteiger partial charge is 0.250 e. The molecule has 0 amide bonds. The van der Waals surface area contributed by atoms with E-state index in [1.165, 1.54) is 7.11 Å². The number of sulfonamides is 1. The molecule has 1 aromatic heterocycles. The molecule has 1 aromatic rings. The monoisotopic (exact) mass is 357 g/mol. The van der Waals surface area contributed by atoms with Gasteiger partial charge >= 0.3 is 0 Å². The van der Waals surface area contributed by atoms with Gasteiger partial charge in [0, 0.05) is 19.8 Å². The molecule has 0 saturated heterocycles. The van der Waals surface area contributed by atoms with Crippen molar-refractivity contribution < 1.29 is 18.3 Å². The predicted octanol–water partition coefficient (Wildman–Crippen LogP) is 1.49. The Kier molecular flexibility index (Phi) is 6.22. The molecule has 5 nitrogen and oxygen atoms in total. The van der Waals surface area contributed by atoms with Crippen LogP contribution in [0.15, 0.2) is 14.1 Å². The van der Waals surface area contributed by atoms with Crippen molar-refractivity contribution in [1.29, 1.82) is 0 Å². The van der Waals surface area contributed by atoms with Crippen LogP contribution in [0.25, 0.3) is 0 Å². The van der Waals surface area contributed by atoms with E-state index >= 15 is 0 Å². The van der Waals surface area contributed by atoms with Crippen LogP contribution in [0.4, 0.5) is 0 Å². The van der Waals surface area contributed by atoms with Gasteiger partial charge in [0.15, 0.2) is 0 Å². The summed E-state index contributed by atoms with van der Waals surface area (Å²) in [4.78, 5) is 0. The Labute approximate surface area is 119 Å². The SMILES string of the molecule is COCC(CCO)NS(=O)(=O)c1cc(C)c(Br)s1. The summed E-state index contributed by atoms with van der Waals surface area (Å²) in [6.45, 7) is 1.97. The first-order valence-electron chi connectivity index (χ1n) is 5.28. The molecule has 1 atom stereocenters. The predicted molar refractivity (Wildman–Crippen MR) is 74.4 cm³/mol. The number of hydrogen-bond donors (Lipinski definition) is 2. The Bertz CT molecular complexity index is 461. The van der Waals surface area contributed by atoms with Gasteiger partial charge in [0.2, 0.25) is 10.0 Å². The zero-order valence-corrected chi connectivity index (χ0v) is 13.4. The molecule has 0 aromatic carbocycles. The van der Waals surface area contributed by atoms with Crippen LogP contribution in [-0.4, -0.2) is 39.9 Å². The molecule has 8 heteroatoms. The lowest BCUT2D eigenvalue weighted by molar-refractivity contribution is 0.158. The Balaban J connectivity index is 2.85. The van der Waals surface area contributed by atoms with Crippen LogP contribution in [0, 0.1) is 6.92 Å². The van der Waals surface area contributed by atoms with Gasteiger partial charge in [-0.25, -0.2) is 13.1 Å². The normalized spacial score (nSPS) is 13.8. The molecular weight excluding hydrogens is 342 g/mol. The second kappa shape index (κ2) is 6.97. The molecule has 0 saturated carbocycles. The van der Waals surface area contributed by atoms with E-state index in [0.29, 0.717) is 6.42 Å². The zero-order valence-electron chi connectivity index (χ0n) is 10.1. The van der Waals surface area contributed by atoms with Gasteiger partial charge in [-0.3, -0.25) is 0 Å². The second-order valence-corrected chi connectivity index (χ2v) is 8.12. The van der Waals surface area contributed by atoms with Crippen LogP contribution in [0.2, 0.25) is 0 Å².